The molecular formula is C12H10F3N3O3S. The highest BCUT2D eigenvalue weighted by Crippen LogP contribution is 2.32. The van der Waals surface area contributed by atoms with Crippen molar-refractivity contribution in [1.29, 1.82) is 0 Å². The van der Waals surface area contributed by atoms with Gasteiger partial charge in [-0.3, -0.25) is 4.79 Å². The highest BCUT2D eigenvalue weighted by molar-refractivity contribution is 7.13. The zero-order valence-corrected chi connectivity index (χ0v) is 12.2. The highest BCUT2D eigenvalue weighted by Gasteiger charge is 2.36. The minimum atomic E-state index is -4.64. The Kier molecular flexibility index (Phi) is 4.50. The van der Waals surface area contributed by atoms with Crippen LogP contribution in [0.3, 0.4) is 0 Å². The molecule has 10 heteroatoms. The van der Waals surface area contributed by atoms with Crippen molar-refractivity contribution < 1.29 is 27.4 Å². The van der Waals surface area contributed by atoms with Gasteiger partial charge in [-0.15, -0.1) is 10.2 Å². The minimum Gasteiger partial charge on any atom is -0.497 e. The van der Waals surface area contributed by atoms with Gasteiger partial charge in [0.25, 0.3) is 5.91 Å². The lowest BCUT2D eigenvalue weighted by Gasteiger charge is -2.10. The summed E-state index contributed by atoms with van der Waals surface area (Å²) < 4.78 is 47.4. The van der Waals surface area contributed by atoms with Crippen LogP contribution in [0.15, 0.2) is 18.2 Å². The van der Waals surface area contributed by atoms with Crippen LogP contribution in [0.25, 0.3) is 0 Å². The maximum absolute atomic E-state index is 12.4. The molecule has 0 unspecified atom stereocenters. The van der Waals surface area contributed by atoms with Gasteiger partial charge in [0.05, 0.1) is 19.9 Å². The van der Waals surface area contributed by atoms with E-state index in [1.807, 2.05) is 0 Å². The first-order valence-corrected chi connectivity index (χ1v) is 6.61. The lowest BCUT2D eigenvalue weighted by atomic mass is 10.2. The van der Waals surface area contributed by atoms with Crippen LogP contribution in [0.2, 0.25) is 0 Å². The number of nitrogens with one attached hydrogen (secondary N) is 1. The second-order valence-electron chi connectivity index (χ2n) is 3.93. The minimum absolute atomic E-state index is 0.159. The van der Waals surface area contributed by atoms with Crippen LogP contribution in [0.5, 0.6) is 11.5 Å². The summed E-state index contributed by atoms with van der Waals surface area (Å²) in [4.78, 5) is 12.0. The van der Waals surface area contributed by atoms with Crippen molar-refractivity contribution in [3.8, 4) is 11.5 Å². The number of halogens is 3. The number of carbonyl (C=O) groups excluding carboxylic acids is 1. The third-order valence-corrected chi connectivity index (χ3v) is 3.48. The van der Waals surface area contributed by atoms with E-state index in [0.29, 0.717) is 11.5 Å². The number of nitrogens with zero attached hydrogens (tertiary/aromatic N) is 2. The van der Waals surface area contributed by atoms with Gasteiger partial charge in [-0.25, -0.2) is 0 Å². The summed E-state index contributed by atoms with van der Waals surface area (Å²) in [7, 11) is 2.83. The van der Waals surface area contributed by atoms with Crippen LogP contribution in [0.4, 0.5) is 18.9 Å². The molecule has 0 bridgehead atoms. The Bertz CT molecular complexity index is 688. The Morgan fingerprint density at radius 2 is 1.95 bits per heavy atom. The molecule has 6 nitrogen and oxygen atoms in total. The van der Waals surface area contributed by atoms with Crippen molar-refractivity contribution in [2.24, 2.45) is 0 Å². The Morgan fingerprint density at radius 3 is 2.50 bits per heavy atom. The van der Waals surface area contributed by atoms with E-state index in [9.17, 15) is 18.0 Å². The molecule has 0 fully saturated rings. The molecule has 1 amide bonds. The molecule has 0 aliphatic rings. The first-order chi connectivity index (χ1) is 10.3. The smallest absolute Gasteiger partial charge is 0.445 e. The average molecular weight is 333 g/mol. The van der Waals surface area contributed by atoms with Crippen LogP contribution >= 0.6 is 11.3 Å². The maximum atomic E-state index is 12.4. The Balaban J connectivity index is 2.23. The number of anilines is 1. The summed E-state index contributed by atoms with van der Waals surface area (Å²) in [6.07, 6.45) is -4.64. The van der Waals surface area contributed by atoms with Crippen molar-refractivity contribution in [2.75, 3.05) is 19.5 Å². The standard InChI is InChI=1S/C12H10F3N3O3S/c1-20-6-3-4-8(21-2)7(5-6)16-9(19)10-17-18-11(22-10)12(13,14)15/h3-5H,1-2H3,(H,16,19). The summed E-state index contributed by atoms with van der Waals surface area (Å²) in [6, 6.07) is 4.64. The van der Waals surface area contributed by atoms with Crippen molar-refractivity contribution in [3.63, 3.8) is 0 Å². The number of hydrogen-bond acceptors (Lipinski definition) is 6. The lowest BCUT2D eigenvalue weighted by molar-refractivity contribution is -0.138. The van der Waals surface area contributed by atoms with Gasteiger partial charge in [-0.1, -0.05) is 11.3 Å². The van der Waals surface area contributed by atoms with E-state index in [4.69, 9.17) is 9.47 Å². The predicted octanol–water partition coefficient (Wildman–Crippen LogP) is 2.83. The predicted molar refractivity (Wildman–Crippen MR) is 72.4 cm³/mol. The van der Waals surface area contributed by atoms with Crippen LogP contribution < -0.4 is 14.8 Å². The SMILES string of the molecule is COc1ccc(OC)c(NC(=O)c2nnc(C(F)(F)F)s2)c1. The van der Waals surface area contributed by atoms with E-state index in [1.165, 1.54) is 20.3 Å². The molecule has 0 spiro atoms. The van der Waals surface area contributed by atoms with E-state index >= 15 is 0 Å². The summed E-state index contributed by atoms with van der Waals surface area (Å²) in [5.74, 6) is -0.0430. The molecule has 2 aromatic rings. The molecule has 1 aromatic heterocycles. The number of benzene rings is 1. The zero-order valence-electron chi connectivity index (χ0n) is 11.4. The molecule has 1 aromatic carbocycles. The van der Waals surface area contributed by atoms with Crippen molar-refractivity contribution in [3.05, 3.63) is 28.2 Å². The average Bonchev–Trinajstić information content (AvgIpc) is 2.97. The molecule has 0 radical (unpaired) electrons. The monoisotopic (exact) mass is 333 g/mol. The van der Waals surface area contributed by atoms with Crippen molar-refractivity contribution in [1.82, 2.24) is 10.2 Å². The van der Waals surface area contributed by atoms with E-state index in [0.717, 1.165) is 0 Å². The summed E-state index contributed by atoms with van der Waals surface area (Å²) in [5, 5.41) is 7.02. The maximum Gasteiger partial charge on any atom is 0.445 e. The van der Waals surface area contributed by atoms with E-state index < -0.39 is 22.1 Å². The molecule has 0 atom stereocenters. The highest BCUT2D eigenvalue weighted by atomic mass is 32.1. The number of rotatable bonds is 4. The number of carbonyl (C=O) groups is 1. The second kappa shape index (κ2) is 6.18. The number of ether oxygens (including phenoxy) is 2. The fourth-order valence-electron chi connectivity index (χ4n) is 1.52. The molecule has 0 aliphatic carbocycles. The fraction of sp³-hybridized carbons (Fsp3) is 0.250. The molecule has 0 aliphatic heterocycles. The van der Waals surface area contributed by atoms with Gasteiger partial charge in [-0.05, 0) is 12.1 Å². The van der Waals surface area contributed by atoms with Gasteiger partial charge < -0.3 is 14.8 Å². The normalized spacial score (nSPS) is 11.1. The molecular weight excluding hydrogens is 323 g/mol. The van der Waals surface area contributed by atoms with Crippen LogP contribution in [-0.2, 0) is 6.18 Å². The van der Waals surface area contributed by atoms with Crippen molar-refractivity contribution in [2.45, 2.75) is 6.18 Å². The van der Waals surface area contributed by atoms with Gasteiger partial charge in [0.1, 0.15) is 11.5 Å². The van der Waals surface area contributed by atoms with Crippen molar-refractivity contribution >= 4 is 22.9 Å². The molecule has 1 heterocycles. The summed E-state index contributed by atoms with van der Waals surface area (Å²) in [6.45, 7) is 0. The Hall–Kier alpha value is -2.36. The Labute approximate surface area is 126 Å². The first kappa shape index (κ1) is 16.0. The first-order valence-electron chi connectivity index (χ1n) is 5.79. The molecule has 118 valence electrons. The Morgan fingerprint density at radius 1 is 1.23 bits per heavy atom. The van der Waals surface area contributed by atoms with Gasteiger partial charge in [0.2, 0.25) is 10.0 Å². The molecule has 0 saturated heterocycles. The zero-order chi connectivity index (χ0) is 16.3. The number of amides is 1. The summed E-state index contributed by atoms with van der Waals surface area (Å²) in [5.41, 5.74) is 0.246. The lowest BCUT2D eigenvalue weighted by Crippen LogP contribution is -2.12. The fourth-order valence-corrected chi connectivity index (χ4v) is 2.12. The third kappa shape index (κ3) is 3.45. The largest absolute Gasteiger partial charge is 0.497 e. The number of alkyl halides is 3. The van der Waals surface area contributed by atoms with Gasteiger partial charge >= 0.3 is 6.18 Å². The van der Waals surface area contributed by atoms with Gasteiger partial charge in [0, 0.05) is 6.07 Å². The molecule has 22 heavy (non-hydrogen) atoms. The van der Waals surface area contributed by atoms with Crippen LogP contribution in [0.1, 0.15) is 14.8 Å². The van der Waals surface area contributed by atoms with E-state index in [1.54, 1.807) is 12.1 Å². The number of aromatic nitrogens is 2. The number of methoxy groups -OCH3 is 2. The number of hydrogen-bond donors (Lipinski definition) is 1. The quantitative estimate of drug-likeness (QED) is 0.931. The van der Waals surface area contributed by atoms with Gasteiger partial charge in [0.15, 0.2) is 0 Å². The summed E-state index contributed by atoms with van der Waals surface area (Å²) >= 11 is 0.159. The third-order valence-electron chi connectivity index (χ3n) is 2.52. The van der Waals surface area contributed by atoms with E-state index in [2.05, 4.69) is 15.5 Å². The van der Waals surface area contributed by atoms with Gasteiger partial charge in [-0.2, -0.15) is 13.2 Å². The molecule has 1 N–H and O–H groups in total. The van der Waals surface area contributed by atoms with Crippen LogP contribution in [-0.4, -0.2) is 30.3 Å². The topological polar surface area (TPSA) is 73.3 Å². The van der Waals surface area contributed by atoms with Crippen LogP contribution in [0, 0.1) is 0 Å². The van der Waals surface area contributed by atoms with E-state index in [-0.39, 0.29) is 17.0 Å². The molecule has 0 saturated carbocycles. The second-order valence-corrected chi connectivity index (χ2v) is 4.91. The molecule has 2 rings (SSSR count).